The molecule has 1 heterocycles. The molecule has 6 rings (SSSR count). The molecule has 190 valence electrons. The molecule has 0 atom stereocenters. The van der Waals surface area contributed by atoms with Gasteiger partial charge in [0.25, 0.3) is 5.91 Å². The van der Waals surface area contributed by atoms with Crippen LogP contribution in [0.1, 0.15) is 5.56 Å². The maximum atomic E-state index is 12.8. The highest BCUT2D eigenvalue weighted by Crippen LogP contribution is 2.29. The monoisotopic (exact) mass is 591 g/mol. The zero-order valence-corrected chi connectivity index (χ0v) is 23.1. The molecule has 0 saturated heterocycles. The normalized spacial score (nSPS) is 11.4. The van der Waals surface area contributed by atoms with Crippen molar-refractivity contribution in [2.24, 2.45) is 5.10 Å². The number of rotatable bonds is 7. The number of fused-ring (bicyclic) bond motifs is 2. The highest BCUT2D eigenvalue weighted by atomic mass is 79.9. The standard InChI is InChI=1S/C31H22BrN5OS/c32-24-14-16-25(17-15-24)37-30(21-8-2-1-3-9-21)35-36-31(37)39-20-29(38)34-33-19-28-26-12-6-4-10-22(26)18-23-11-5-7-13-27(23)28/h1-19H,20H2,(H,34,38)/b33-19+. The molecule has 0 saturated carbocycles. The molecule has 0 aliphatic heterocycles. The largest absolute Gasteiger partial charge is 0.272 e. The van der Waals surface area contributed by atoms with E-state index in [9.17, 15) is 4.79 Å². The smallest absolute Gasteiger partial charge is 0.250 e. The summed E-state index contributed by atoms with van der Waals surface area (Å²) < 4.78 is 2.94. The Balaban J connectivity index is 1.22. The molecule has 6 nitrogen and oxygen atoms in total. The van der Waals surface area contributed by atoms with Gasteiger partial charge >= 0.3 is 0 Å². The maximum Gasteiger partial charge on any atom is 0.250 e. The van der Waals surface area contributed by atoms with Crippen LogP contribution in [-0.2, 0) is 4.79 Å². The lowest BCUT2D eigenvalue weighted by molar-refractivity contribution is -0.118. The fourth-order valence-corrected chi connectivity index (χ4v) is 5.49. The highest BCUT2D eigenvalue weighted by molar-refractivity contribution is 9.10. The first kappa shape index (κ1) is 25.0. The van der Waals surface area contributed by atoms with Gasteiger partial charge in [0.15, 0.2) is 11.0 Å². The van der Waals surface area contributed by atoms with E-state index in [2.05, 4.69) is 67.0 Å². The fraction of sp³-hybridized carbons (Fsp3) is 0.0323. The van der Waals surface area contributed by atoms with Crippen molar-refractivity contribution in [3.63, 3.8) is 0 Å². The van der Waals surface area contributed by atoms with Gasteiger partial charge in [-0.25, -0.2) is 5.43 Å². The topological polar surface area (TPSA) is 72.2 Å². The van der Waals surface area contributed by atoms with E-state index in [4.69, 9.17) is 0 Å². The van der Waals surface area contributed by atoms with Crippen molar-refractivity contribution in [2.45, 2.75) is 5.16 Å². The molecule has 1 N–H and O–H groups in total. The number of aromatic nitrogens is 3. The van der Waals surface area contributed by atoms with Crippen LogP contribution in [-0.4, -0.2) is 32.6 Å². The molecule has 39 heavy (non-hydrogen) atoms. The summed E-state index contributed by atoms with van der Waals surface area (Å²) in [6, 6.07) is 36.3. The van der Waals surface area contributed by atoms with E-state index >= 15 is 0 Å². The van der Waals surface area contributed by atoms with Gasteiger partial charge in [-0.05, 0) is 51.9 Å². The number of thioether (sulfide) groups is 1. The SMILES string of the molecule is O=C(CSc1nnc(-c2ccccc2)n1-c1ccc(Br)cc1)N/N=C/c1c2ccccc2cc2ccccc12. The van der Waals surface area contributed by atoms with Crippen LogP contribution in [0.4, 0.5) is 0 Å². The summed E-state index contributed by atoms with van der Waals surface area (Å²) in [4.78, 5) is 12.8. The Hall–Kier alpha value is -4.27. The Morgan fingerprint density at radius 2 is 1.49 bits per heavy atom. The second-order valence-electron chi connectivity index (χ2n) is 8.80. The number of benzene rings is 5. The first-order valence-corrected chi connectivity index (χ1v) is 14.1. The summed E-state index contributed by atoms with van der Waals surface area (Å²) in [6.07, 6.45) is 1.73. The van der Waals surface area contributed by atoms with Crippen LogP contribution in [0.25, 0.3) is 38.6 Å². The van der Waals surface area contributed by atoms with Gasteiger partial charge in [-0.15, -0.1) is 10.2 Å². The van der Waals surface area contributed by atoms with Gasteiger partial charge in [0, 0.05) is 21.3 Å². The summed E-state index contributed by atoms with van der Waals surface area (Å²) in [6.45, 7) is 0. The van der Waals surface area contributed by atoms with Crippen LogP contribution in [0, 0.1) is 0 Å². The number of hydrogen-bond acceptors (Lipinski definition) is 5. The van der Waals surface area contributed by atoms with Gasteiger partial charge in [-0.3, -0.25) is 9.36 Å². The number of amides is 1. The minimum atomic E-state index is -0.229. The van der Waals surface area contributed by atoms with Crippen LogP contribution in [0.2, 0.25) is 0 Å². The van der Waals surface area contributed by atoms with Crippen molar-refractivity contribution >= 4 is 61.4 Å². The predicted molar refractivity (Wildman–Crippen MR) is 162 cm³/mol. The fourth-order valence-electron chi connectivity index (χ4n) is 4.48. The number of carbonyl (C=O) groups is 1. The molecule has 0 radical (unpaired) electrons. The minimum absolute atomic E-state index is 0.136. The average Bonchev–Trinajstić information content (AvgIpc) is 3.40. The lowest BCUT2D eigenvalue weighted by Crippen LogP contribution is -2.20. The molecule has 0 aliphatic carbocycles. The number of nitrogens with one attached hydrogen (secondary N) is 1. The summed E-state index contributed by atoms with van der Waals surface area (Å²) in [5.74, 6) is 0.617. The van der Waals surface area contributed by atoms with Crippen molar-refractivity contribution in [1.82, 2.24) is 20.2 Å². The Bertz CT molecular complexity index is 1760. The Labute approximate surface area is 237 Å². The van der Waals surface area contributed by atoms with Crippen LogP contribution >= 0.6 is 27.7 Å². The first-order chi connectivity index (χ1) is 19.2. The van der Waals surface area contributed by atoms with E-state index in [-0.39, 0.29) is 11.7 Å². The number of halogens is 1. The number of hydrazone groups is 1. The van der Waals surface area contributed by atoms with Gasteiger partial charge in [-0.2, -0.15) is 5.10 Å². The Kier molecular flexibility index (Phi) is 7.21. The predicted octanol–water partition coefficient (Wildman–Crippen LogP) is 7.25. The van der Waals surface area contributed by atoms with Crippen molar-refractivity contribution in [2.75, 3.05) is 5.75 Å². The molecular weight excluding hydrogens is 570 g/mol. The third-order valence-electron chi connectivity index (χ3n) is 6.28. The van der Waals surface area contributed by atoms with Crippen LogP contribution in [0.3, 0.4) is 0 Å². The summed E-state index contributed by atoms with van der Waals surface area (Å²) in [7, 11) is 0. The molecule has 0 bridgehead atoms. The van der Waals surface area contributed by atoms with E-state index < -0.39 is 0 Å². The summed E-state index contributed by atoms with van der Waals surface area (Å²) in [5, 5.41) is 18.2. The molecule has 5 aromatic carbocycles. The average molecular weight is 593 g/mol. The second kappa shape index (κ2) is 11.2. The Morgan fingerprint density at radius 1 is 0.846 bits per heavy atom. The highest BCUT2D eigenvalue weighted by Gasteiger charge is 2.17. The molecule has 8 heteroatoms. The molecule has 1 amide bonds. The lowest BCUT2D eigenvalue weighted by Gasteiger charge is -2.10. The van der Waals surface area contributed by atoms with E-state index in [0.29, 0.717) is 11.0 Å². The van der Waals surface area contributed by atoms with E-state index in [1.165, 1.54) is 11.8 Å². The van der Waals surface area contributed by atoms with Gasteiger partial charge in [0.2, 0.25) is 0 Å². The molecule has 6 aromatic rings. The van der Waals surface area contributed by atoms with Crippen molar-refractivity contribution in [3.05, 3.63) is 119 Å². The molecular formula is C31H22BrN5OS. The van der Waals surface area contributed by atoms with Crippen molar-refractivity contribution in [1.29, 1.82) is 0 Å². The van der Waals surface area contributed by atoms with E-state index in [1.54, 1.807) is 6.21 Å². The van der Waals surface area contributed by atoms with Crippen molar-refractivity contribution in [3.8, 4) is 17.1 Å². The number of carbonyl (C=O) groups excluding carboxylic acids is 1. The quantitative estimate of drug-likeness (QED) is 0.0918. The van der Waals surface area contributed by atoms with Gasteiger partial charge in [0.05, 0.1) is 12.0 Å². The van der Waals surface area contributed by atoms with Crippen LogP contribution < -0.4 is 5.43 Å². The summed E-state index contributed by atoms with van der Waals surface area (Å²) >= 11 is 4.81. The van der Waals surface area contributed by atoms with Crippen molar-refractivity contribution < 1.29 is 4.79 Å². The molecule has 0 aliphatic rings. The lowest BCUT2D eigenvalue weighted by atomic mass is 9.97. The van der Waals surface area contributed by atoms with E-state index in [1.807, 2.05) is 83.4 Å². The van der Waals surface area contributed by atoms with Gasteiger partial charge < -0.3 is 0 Å². The summed E-state index contributed by atoms with van der Waals surface area (Å²) in [5.41, 5.74) is 5.50. The third kappa shape index (κ3) is 5.34. The van der Waals surface area contributed by atoms with Crippen LogP contribution in [0.5, 0.6) is 0 Å². The number of hydrogen-bond donors (Lipinski definition) is 1. The molecule has 0 fully saturated rings. The minimum Gasteiger partial charge on any atom is -0.272 e. The zero-order valence-electron chi connectivity index (χ0n) is 20.7. The van der Waals surface area contributed by atoms with Crippen LogP contribution in [0.15, 0.2) is 124 Å². The van der Waals surface area contributed by atoms with Gasteiger partial charge in [0.1, 0.15) is 0 Å². The van der Waals surface area contributed by atoms with Gasteiger partial charge in [-0.1, -0.05) is 107 Å². The zero-order chi connectivity index (χ0) is 26.6. The molecule has 1 aromatic heterocycles. The number of nitrogens with zero attached hydrogens (tertiary/aromatic N) is 4. The van der Waals surface area contributed by atoms with E-state index in [0.717, 1.165) is 42.8 Å². The first-order valence-electron chi connectivity index (χ1n) is 12.3. The maximum absolute atomic E-state index is 12.8. The third-order valence-corrected chi connectivity index (χ3v) is 7.74. The Morgan fingerprint density at radius 3 is 2.18 bits per heavy atom. The second-order valence-corrected chi connectivity index (χ2v) is 10.7. The molecule has 0 unspecified atom stereocenters. The molecule has 0 spiro atoms.